The molecule has 136 valence electrons. The van der Waals surface area contributed by atoms with Gasteiger partial charge in [0, 0.05) is 23.8 Å². The van der Waals surface area contributed by atoms with Crippen LogP contribution in [-0.4, -0.2) is 37.0 Å². The third-order valence-electron chi connectivity index (χ3n) is 4.34. The van der Waals surface area contributed by atoms with Crippen molar-refractivity contribution in [2.24, 2.45) is 0 Å². The van der Waals surface area contributed by atoms with Crippen molar-refractivity contribution in [2.45, 2.75) is 12.6 Å². The summed E-state index contributed by atoms with van der Waals surface area (Å²) in [6.07, 6.45) is 0. The Labute approximate surface area is 157 Å². The number of hydrogen-bond acceptors (Lipinski definition) is 3. The molecule has 2 aromatic carbocycles. The van der Waals surface area contributed by atoms with E-state index in [1.807, 2.05) is 48.3 Å². The van der Waals surface area contributed by atoms with E-state index in [9.17, 15) is 9.59 Å². The molecule has 3 rings (SSSR count). The zero-order chi connectivity index (χ0) is 18.5. The molecule has 1 aliphatic heterocycles. The predicted octanol–water partition coefficient (Wildman–Crippen LogP) is 2.76. The zero-order valence-corrected chi connectivity index (χ0v) is 15.2. The van der Waals surface area contributed by atoms with Crippen LogP contribution in [0, 0.1) is 0 Å². The minimum absolute atomic E-state index is 0.0411. The molecule has 26 heavy (non-hydrogen) atoms. The highest BCUT2D eigenvalue weighted by Gasteiger charge is 2.24. The fraction of sp³-hybridized carbons (Fsp3) is 0.263. The van der Waals surface area contributed by atoms with Crippen LogP contribution in [0.2, 0.25) is 5.02 Å². The van der Waals surface area contributed by atoms with E-state index < -0.39 is 0 Å². The number of carbonyl (C=O) groups excluding carboxylic acids is 2. The van der Waals surface area contributed by atoms with Gasteiger partial charge in [-0.3, -0.25) is 9.69 Å². The molecule has 7 heteroatoms. The van der Waals surface area contributed by atoms with Crippen LogP contribution in [-0.2, 0) is 11.3 Å². The summed E-state index contributed by atoms with van der Waals surface area (Å²) < 4.78 is 0. The van der Waals surface area contributed by atoms with E-state index in [0.717, 1.165) is 11.1 Å². The molecule has 1 saturated heterocycles. The summed E-state index contributed by atoms with van der Waals surface area (Å²) in [7, 11) is 1.93. The molecule has 0 aliphatic carbocycles. The number of nitrogens with zero attached hydrogens (tertiary/aromatic N) is 1. The molecule has 1 atom stereocenters. The van der Waals surface area contributed by atoms with Crippen LogP contribution in [0.1, 0.15) is 17.2 Å². The average molecular weight is 373 g/mol. The Morgan fingerprint density at radius 1 is 1.19 bits per heavy atom. The number of benzene rings is 2. The summed E-state index contributed by atoms with van der Waals surface area (Å²) in [5.74, 6) is 0.0411. The molecule has 6 nitrogen and oxygen atoms in total. The van der Waals surface area contributed by atoms with Gasteiger partial charge in [-0.05, 0) is 42.4 Å². The molecule has 1 unspecified atom stereocenters. The molecule has 2 aromatic rings. The van der Waals surface area contributed by atoms with Gasteiger partial charge in [0.05, 0.1) is 12.6 Å². The van der Waals surface area contributed by atoms with Gasteiger partial charge in [-0.1, -0.05) is 35.9 Å². The van der Waals surface area contributed by atoms with Crippen molar-refractivity contribution in [3.05, 3.63) is 64.7 Å². The molecule has 0 aromatic heterocycles. The first kappa shape index (κ1) is 18.2. The zero-order valence-electron chi connectivity index (χ0n) is 14.5. The normalized spacial score (nSPS) is 17.5. The van der Waals surface area contributed by atoms with Gasteiger partial charge in [0.15, 0.2) is 0 Å². The van der Waals surface area contributed by atoms with E-state index in [1.54, 1.807) is 12.1 Å². The van der Waals surface area contributed by atoms with Crippen molar-refractivity contribution in [3.63, 3.8) is 0 Å². The van der Waals surface area contributed by atoms with Gasteiger partial charge >= 0.3 is 6.03 Å². The number of hydrogen-bond donors (Lipinski definition) is 3. The second kappa shape index (κ2) is 8.21. The van der Waals surface area contributed by atoms with Crippen LogP contribution in [0.3, 0.4) is 0 Å². The Morgan fingerprint density at radius 3 is 2.54 bits per heavy atom. The summed E-state index contributed by atoms with van der Waals surface area (Å²) in [5.41, 5.74) is 2.78. The van der Waals surface area contributed by atoms with Crippen LogP contribution in [0.25, 0.3) is 0 Å². The van der Waals surface area contributed by atoms with Crippen LogP contribution >= 0.6 is 11.6 Å². The van der Waals surface area contributed by atoms with Gasteiger partial charge in [0.2, 0.25) is 5.91 Å². The lowest BCUT2D eigenvalue weighted by atomic mass is 10.0. The predicted molar refractivity (Wildman–Crippen MR) is 102 cm³/mol. The first-order valence-corrected chi connectivity index (χ1v) is 8.75. The number of amides is 3. The summed E-state index contributed by atoms with van der Waals surface area (Å²) in [6, 6.07) is 14.9. The standard InChI is InChI=1S/C19H21ClN4O2/c1-24-12-18(25)21-11-17(24)14-4-8-16(9-5-14)23-19(26)22-10-13-2-6-15(20)7-3-13/h2-9,17H,10-12H2,1H3,(H,21,25)(H2,22,23,26). The SMILES string of the molecule is CN1CC(=O)NCC1c1ccc(NC(=O)NCc2ccc(Cl)cc2)cc1. The van der Waals surface area contributed by atoms with E-state index in [4.69, 9.17) is 11.6 Å². The first-order valence-electron chi connectivity index (χ1n) is 8.37. The summed E-state index contributed by atoms with van der Waals surface area (Å²) in [4.78, 5) is 25.4. The minimum Gasteiger partial charge on any atom is -0.353 e. The van der Waals surface area contributed by atoms with Gasteiger partial charge in [-0.2, -0.15) is 0 Å². The number of rotatable bonds is 4. The van der Waals surface area contributed by atoms with Crippen LogP contribution < -0.4 is 16.0 Å². The second-order valence-electron chi connectivity index (χ2n) is 6.29. The third kappa shape index (κ3) is 4.74. The summed E-state index contributed by atoms with van der Waals surface area (Å²) in [5, 5.41) is 9.16. The number of nitrogens with one attached hydrogen (secondary N) is 3. The van der Waals surface area contributed by atoms with E-state index in [-0.39, 0.29) is 18.0 Å². The van der Waals surface area contributed by atoms with Gasteiger partial charge in [-0.15, -0.1) is 0 Å². The largest absolute Gasteiger partial charge is 0.353 e. The van der Waals surface area contributed by atoms with Gasteiger partial charge in [0.1, 0.15) is 0 Å². The van der Waals surface area contributed by atoms with Crippen LogP contribution in [0.15, 0.2) is 48.5 Å². The number of likely N-dealkylation sites (N-methyl/N-ethyl adjacent to an activating group) is 1. The van der Waals surface area contributed by atoms with Crippen LogP contribution in [0.4, 0.5) is 10.5 Å². The highest BCUT2D eigenvalue weighted by molar-refractivity contribution is 6.30. The summed E-state index contributed by atoms with van der Waals surface area (Å²) in [6.45, 7) is 1.40. The molecular formula is C19H21ClN4O2. The maximum Gasteiger partial charge on any atom is 0.319 e. The quantitative estimate of drug-likeness (QED) is 0.772. The Morgan fingerprint density at radius 2 is 1.88 bits per heavy atom. The lowest BCUT2D eigenvalue weighted by molar-refractivity contribution is -0.125. The number of carbonyl (C=O) groups is 2. The molecular weight excluding hydrogens is 352 g/mol. The molecule has 0 bridgehead atoms. The molecule has 0 spiro atoms. The summed E-state index contributed by atoms with van der Waals surface area (Å²) >= 11 is 5.84. The number of piperazine rings is 1. The van der Waals surface area contributed by atoms with Crippen molar-refractivity contribution in [2.75, 3.05) is 25.5 Å². The smallest absolute Gasteiger partial charge is 0.319 e. The second-order valence-corrected chi connectivity index (χ2v) is 6.73. The molecule has 1 fully saturated rings. The highest BCUT2D eigenvalue weighted by Crippen LogP contribution is 2.22. The Balaban J connectivity index is 1.52. The highest BCUT2D eigenvalue weighted by atomic mass is 35.5. The maximum absolute atomic E-state index is 12.0. The molecule has 1 heterocycles. The Hall–Kier alpha value is -2.57. The Bertz CT molecular complexity index is 777. The van der Waals surface area contributed by atoms with Crippen LogP contribution in [0.5, 0.6) is 0 Å². The number of halogens is 1. The molecule has 3 N–H and O–H groups in total. The lowest BCUT2D eigenvalue weighted by Gasteiger charge is -2.32. The minimum atomic E-state index is -0.269. The molecule has 3 amide bonds. The number of urea groups is 1. The fourth-order valence-electron chi connectivity index (χ4n) is 2.88. The van der Waals surface area contributed by atoms with Gasteiger partial charge < -0.3 is 16.0 Å². The van der Waals surface area contributed by atoms with Crippen molar-refractivity contribution in [1.29, 1.82) is 0 Å². The van der Waals surface area contributed by atoms with Crippen molar-refractivity contribution < 1.29 is 9.59 Å². The maximum atomic E-state index is 12.0. The monoisotopic (exact) mass is 372 g/mol. The van der Waals surface area contributed by atoms with E-state index in [2.05, 4.69) is 16.0 Å². The van der Waals surface area contributed by atoms with Gasteiger partial charge in [-0.25, -0.2) is 4.79 Å². The molecule has 0 saturated carbocycles. The van der Waals surface area contributed by atoms with E-state index in [0.29, 0.717) is 30.3 Å². The average Bonchev–Trinajstić information content (AvgIpc) is 2.62. The van der Waals surface area contributed by atoms with E-state index in [1.165, 1.54) is 0 Å². The van der Waals surface area contributed by atoms with Crippen molar-refractivity contribution in [1.82, 2.24) is 15.5 Å². The van der Waals surface area contributed by atoms with E-state index >= 15 is 0 Å². The molecule has 1 aliphatic rings. The molecule has 0 radical (unpaired) electrons. The van der Waals surface area contributed by atoms with Crippen molar-refractivity contribution >= 4 is 29.2 Å². The number of anilines is 1. The topological polar surface area (TPSA) is 73.5 Å². The lowest BCUT2D eigenvalue weighted by Crippen LogP contribution is -2.47. The van der Waals surface area contributed by atoms with Crippen molar-refractivity contribution in [3.8, 4) is 0 Å². The van der Waals surface area contributed by atoms with Gasteiger partial charge in [0.25, 0.3) is 0 Å². The third-order valence-corrected chi connectivity index (χ3v) is 4.59. The Kier molecular flexibility index (Phi) is 5.75. The fourth-order valence-corrected chi connectivity index (χ4v) is 3.01. The first-order chi connectivity index (χ1) is 12.5.